The van der Waals surface area contributed by atoms with Gasteiger partial charge in [0.05, 0.1) is 0 Å². The topological polar surface area (TPSA) is 52.7 Å². The number of aromatic nitrogens is 2. The number of hydrogen-bond donors (Lipinski definition) is 3. The lowest BCUT2D eigenvalue weighted by Crippen LogP contribution is -2.39. The van der Waals surface area contributed by atoms with E-state index in [1.807, 2.05) is 6.07 Å². The summed E-state index contributed by atoms with van der Waals surface area (Å²) in [5, 5.41) is 13.7. The highest BCUT2D eigenvalue weighted by molar-refractivity contribution is 4.97. The van der Waals surface area contributed by atoms with Gasteiger partial charge in [0, 0.05) is 43.5 Å². The van der Waals surface area contributed by atoms with E-state index in [4.69, 9.17) is 0 Å². The molecule has 1 aromatic heterocycles. The number of nitrogens with zero attached hydrogens (tertiary/aromatic N) is 1. The molecule has 0 saturated heterocycles. The zero-order chi connectivity index (χ0) is 11.1. The van der Waals surface area contributed by atoms with Crippen molar-refractivity contribution in [3.05, 3.63) is 18.0 Å². The van der Waals surface area contributed by atoms with E-state index in [0.29, 0.717) is 12.1 Å². The van der Waals surface area contributed by atoms with Crippen LogP contribution >= 0.6 is 0 Å². The molecule has 0 fully saturated rings. The first-order valence-corrected chi connectivity index (χ1v) is 5.63. The van der Waals surface area contributed by atoms with Gasteiger partial charge in [0.25, 0.3) is 0 Å². The summed E-state index contributed by atoms with van der Waals surface area (Å²) in [6.45, 7) is 8.53. The van der Waals surface area contributed by atoms with Gasteiger partial charge in [-0.15, -0.1) is 0 Å². The number of nitrogens with one attached hydrogen (secondary N) is 3. The van der Waals surface area contributed by atoms with Crippen molar-refractivity contribution < 1.29 is 0 Å². The van der Waals surface area contributed by atoms with Crippen molar-refractivity contribution in [3.63, 3.8) is 0 Å². The first-order chi connectivity index (χ1) is 7.18. The van der Waals surface area contributed by atoms with Crippen molar-refractivity contribution in [2.24, 2.45) is 0 Å². The van der Waals surface area contributed by atoms with Crippen molar-refractivity contribution >= 4 is 0 Å². The monoisotopic (exact) mass is 210 g/mol. The average molecular weight is 210 g/mol. The zero-order valence-corrected chi connectivity index (χ0v) is 9.88. The molecule has 3 N–H and O–H groups in total. The SMILES string of the molecule is CC(C)NCC(C)NCCc1ccn[nH]1. The number of aromatic amines is 1. The third-order valence-electron chi connectivity index (χ3n) is 2.28. The lowest BCUT2D eigenvalue weighted by Gasteiger charge is -2.16. The fraction of sp³-hybridized carbons (Fsp3) is 0.727. The normalized spacial score (nSPS) is 13.3. The van der Waals surface area contributed by atoms with Crippen molar-refractivity contribution in [2.75, 3.05) is 13.1 Å². The molecule has 0 aliphatic carbocycles. The highest BCUT2D eigenvalue weighted by Gasteiger charge is 2.01. The predicted octanol–water partition coefficient (Wildman–Crippen LogP) is 0.928. The van der Waals surface area contributed by atoms with Crippen molar-refractivity contribution in [1.29, 1.82) is 0 Å². The standard InChI is InChI=1S/C11H22N4/c1-9(2)13-8-10(3)12-6-4-11-5-7-14-15-11/h5,7,9-10,12-13H,4,6,8H2,1-3H3,(H,14,15). The van der Waals surface area contributed by atoms with Gasteiger partial charge >= 0.3 is 0 Å². The van der Waals surface area contributed by atoms with E-state index in [1.54, 1.807) is 6.20 Å². The van der Waals surface area contributed by atoms with Crippen LogP contribution in [-0.4, -0.2) is 35.4 Å². The number of rotatable bonds is 7. The summed E-state index contributed by atoms with van der Waals surface area (Å²) in [5.74, 6) is 0. The Labute approximate surface area is 91.8 Å². The Kier molecular flexibility index (Phi) is 5.36. The fourth-order valence-electron chi connectivity index (χ4n) is 1.36. The smallest absolute Gasteiger partial charge is 0.0490 e. The van der Waals surface area contributed by atoms with Crippen LogP contribution in [0.3, 0.4) is 0 Å². The third kappa shape index (κ3) is 5.54. The van der Waals surface area contributed by atoms with Gasteiger partial charge in [0.15, 0.2) is 0 Å². The molecule has 0 spiro atoms. The Morgan fingerprint density at radius 2 is 2.13 bits per heavy atom. The van der Waals surface area contributed by atoms with Gasteiger partial charge in [0.2, 0.25) is 0 Å². The van der Waals surface area contributed by atoms with Gasteiger partial charge < -0.3 is 10.6 Å². The molecule has 15 heavy (non-hydrogen) atoms. The van der Waals surface area contributed by atoms with Crippen molar-refractivity contribution in [3.8, 4) is 0 Å². The van der Waals surface area contributed by atoms with Crippen molar-refractivity contribution in [2.45, 2.75) is 39.3 Å². The second-order valence-corrected chi connectivity index (χ2v) is 4.25. The summed E-state index contributed by atoms with van der Waals surface area (Å²) in [7, 11) is 0. The van der Waals surface area contributed by atoms with Crippen LogP contribution < -0.4 is 10.6 Å². The lowest BCUT2D eigenvalue weighted by atomic mass is 10.2. The number of H-pyrrole nitrogens is 1. The Balaban J connectivity index is 2.04. The molecule has 0 aromatic carbocycles. The zero-order valence-electron chi connectivity index (χ0n) is 9.88. The quantitative estimate of drug-likeness (QED) is 0.627. The summed E-state index contributed by atoms with van der Waals surface area (Å²) in [4.78, 5) is 0. The highest BCUT2D eigenvalue weighted by atomic mass is 15.1. The first-order valence-electron chi connectivity index (χ1n) is 5.63. The minimum absolute atomic E-state index is 0.510. The minimum atomic E-state index is 0.510. The molecule has 0 amide bonds. The van der Waals surface area contributed by atoms with Crippen LogP contribution in [0.25, 0.3) is 0 Å². The molecule has 1 unspecified atom stereocenters. The van der Waals surface area contributed by atoms with Gasteiger partial charge in [0.1, 0.15) is 0 Å². The second-order valence-electron chi connectivity index (χ2n) is 4.25. The molecule has 1 rings (SSSR count). The number of hydrogen-bond acceptors (Lipinski definition) is 3. The van der Waals surface area contributed by atoms with E-state index in [-0.39, 0.29) is 0 Å². The van der Waals surface area contributed by atoms with Gasteiger partial charge in [-0.25, -0.2) is 0 Å². The Hall–Kier alpha value is -0.870. The Morgan fingerprint density at radius 1 is 1.33 bits per heavy atom. The van der Waals surface area contributed by atoms with Crippen LogP contribution in [0.5, 0.6) is 0 Å². The molecule has 4 nitrogen and oxygen atoms in total. The molecule has 1 atom stereocenters. The van der Waals surface area contributed by atoms with E-state index in [1.165, 1.54) is 5.69 Å². The van der Waals surface area contributed by atoms with E-state index in [0.717, 1.165) is 19.5 Å². The molecule has 0 bridgehead atoms. The molecular weight excluding hydrogens is 188 g/mol. The average Bonchev–Trinajstić information content (AvgIpc) is 2.67. The molecule has 4 heteroatoms. The molecular formula is C11H22N4. The highest BCUT2D eigenvalue weighted by Crippen LogP contribution is 1.92. The fourth-order valence-corrected chi connectivity index (χ4v) is 1.36. The molecule has 0 radical (unpaired) electrons. The van der Waals surface area contributed by atoms with Gasteiger partial charge in [-0.3, -0.25) is 5.10 Å². The summed E-state index contributed by atoms with van der Waals surface area (Å²) in [6.07, 6.45) is 2.80. The van der Waals surface area contributed by atoms with Gasteiger partial charge in [-0.1, -0.05) is 13.8 Å². The maximum Gasteiger partial charge on any atom is 0.0490 e. The summed E-state index contributed by atoms with van der Waals surface area (Å²) in [5.41, 5.74) is 1.19. The van der Waals surface area contributed by atoms with Crippen LogP contribution in [-0.2, 0) is 6.42 Å². The minimum Gasteiger partial charge on any atom is -0.313 e. The van der Waals surface area contributed by atoms with Crippen LogP contribution in [0.1, 0.15) is 26.5 Å². The van der Waals surface area contributed by atoms with E-state index in [2.05, 4.69) is 41.6 Å². The van der Waals surface area contributed by atoms with Crippen LogP contribution in [0.4, 0.5) is 0 Å². The summed E-state index contributed by atoms with van der Waals surface area (Å²) >= 11 is 0. The van der Waals surface area contributed by atoms with Gasteiger partial charge in [-0.2, -0.15) is 5.10 Å². The molecule has 86 valence electrons. The maximum absolute atomic E-state index is 3.91. The molecule has 1 aromatic rings. The molecule has 0 aliphatic heterocycles. The summed E-state index contributed by atoms with van der Waals surface area (Å²) in [6, 6.07) is 3.08. The third-order valence-corrected chi connectivity index (χ3v) is 2.28. The second kappa shape index (κ2) is 6.58. The summed E-state index contributed by atoms with van der Waals surface area (Å²) < 4.78 is 0. The van der Waals surface area contributed by atoms with Crippen molar-refractivity contribution in [1.82, 2.24) is 20.8 Å². The van der Waals surface area contributed by atoms with Gasteiger partial charge in [-0.05, 0) is 13.0 Å². The Bertz CT molecular complexity index is 243. The van der Waals surface area contributed by atoms with Crippen LogP contribution in [0.2, 0.25) is 0 Å². The lowest BCUT2D eigenvalue weighted by molar-refractivity contribution is 0.476. The van der Waals surface area contributed by atoms with E-state index < -0.39 is 0 Å². The largest absolute Gasteiger partial charge is 0.313 e. The first kappa shape index (κ1) is 12.2. The molecule has 0 saturated carbocycles. The van der Waals surface area contributed by atoms with E-state index >= 15 is 0 Å². The maximum atomic E-state index is 3.91. The predicted molar refractivity (Wildman–Crippen MR) is 62.9 cm³/mol. The molecule has 0 aliphatic rings. The van der Waals surface area contributed by atoms with E-state index in [9.17, 15) is 0 Å². The molecule has 1 heterocycles. The van der Waals surface area contributed by atoms with Crippen LogP contribution in [0.15, 0.2) is 12.3 Å². The Morgan fingerprint density at radius 3 is 2.73 bits per heavy atom. The van der Waals surface area contributed by atoms with Crippen LogP contribution in [0, 0.1) is 0 Å².